The molecule has 0 saturated carbocycles. The molecule has 1 nitrogen and oxygen atoms in total. The van der Waals surface area contributed by atoms with Gasteiger partial charge in [0.15, 0.2) is 0 Å². The summed E-state index contributed by atoms with van der Waals surface area (Å²) in [7, 11) is 0. The van der Waals surface area contributed by atoms with Crippen LogP contribution in [-0.4, -0.2) is 6.54 Å². The van der Waals surface area contributed by atoms with Crippen LogP contribution in [0.3, 0.4) is 0 Å². The monoisotopic (exact) mass is 185 g/mol. The molecule has 0 atom stereocenters. The van der Waals surface area contributed by atoms with Crippen molar-refractivity contribution in [1.82, 2.24) is 0 Å². The van der Waals surface area contributed by atoms with Crippen LogP contribution in [0.25, 0.3) is 0 Å². The predicted octanol–water partition coefficient (Wildman–Crippen LogP) is 2.76. The van der Waals surface area contributed by atoms with Gasteiger partial charge in [-0.15, -0.1) is 0 Å². The van der Waals surface area contributed by atoms with E-state index in [0.29, 0.717) is 5.02 Å². The Hall–Kier alpha value is -0.760. The molecule has 0 radical (unpaired) electrons. The van der Waals surface area contributed by atoms with Gasteiger partial charge < -0.3 is 5.32 Å². The first kappa shape index (κ1) is 7.87. The molecule has 1 aromatic rings. The van der Waals surface area contributed by atoms with E-state index in [-0.39, 0.29) is 5.82 Å². The third-order valence-corrected chi connectivity index (χ3v) is 2.58. The molecule has 2 rings (SSSR count). The number of fused-ring (bicyclic) bond motifs is 1. The maximum atomic E-state index is 13.1. The third kappa shape index (κ3) is 0.985. The summed E-state index contributed by atoms with van der Waals surface area (Å²) in [6, 6.07) is 1.37. The fourth-order valence-corrected chi connectivity index (χ4v) is 1.86. The number of anilines is 1. The zero-order valence-electron chi connectivity index (χ0n) is 6.75. The number of benzene rings is 1. The normalized spacial score (nSPS) is 14.2. The summed E-state index contributed by atoms with van der Waals surface area (Å²) in [5, 5.41) is 3.63. The minimum atomic E-state index is -0.206. The van der Waals surface area contributed by atoms with Crippen molar-refractivity contribution in [2.75, 3.05) is 11.9 Å². The van der Waals surface area contributed by atoms with Gasteiger partial charge in [0.05, 0.1) is 10.7 Å². The van der Waals surface area contributed by atoms with E-state index < -0.39 is 0 Å². The Morgan fingerprint density at radius 1 is 1.58 bits per heavy atom. The average Bonchev–Trinajstić information content (AvgIpc) is 2.48. The topological polar surface area (TPSA) is 12.0 Å². The first-order chi connectivity index (χ1) is 5.70. The highest BCUT2D eigenvalue weighted by atomic mass is 35.5. The van der Waals surface area contributed by atoms with Crippen molar-refractivity contribution in [3.8, 4) is 0 Å². The highest BCUT2D eigenvalue weighted by Crippen LogP contribution is 2.34. The van der Waals surface area contributed by atoms with Crippen LogP contribution in [0.2, 0.25) is 5.02 Å². The standard InChI is InChI=1S/C9H9ClFN/c1-5-6-2-3-12-9(6)7(10)4-8(5)11/h4,12H,2-3H2,1H3. The number of halogens is 2. The van der Waals surface area contributed by atoms with Crippen LogP contribution >= 0.6 is 11.6 Å². The Kier molecular flexibility index (Phi) is 1.72. The van der Waals surface area contributed by atoms with Crippen LogP contribution in [0.15, 0.2) is 6.07 Å². The minimum absolute atomic E-state index is 0.206. The molecule has 0 aromatic heterocycles. The number of hydrogen-bond donors (Lipinski definition) is 1. The quantitative estimate of drug-likeness (QED) is 0.656. The lowest BCUT2D eigenvalue weighted by Gasteiger charge is -2.06. The molecule has 0 unspecified atom stereocenters. The van der Waals surface area contributed by atoms with E-state index in [9.17, 15) is 4.39 Å². The molecule has 1 aromatic carbocycles. The molecule has 0 spiro atoms. The first-order valence-electron chi connectivity index (χ1n) is 3.91. The molecular formula is C9H9ClFN. The van der Waals surface area contributed by atoms with E-state index in [1.54, 1.807) is 6.92 Å². The van der Waals surface area contributed by atoms with Crippen LogP contribution in [0.1, 0.15) is 11.1 Å². The Morgan fingerprint density at radius 3 is 3.08 bits per heavy atom. The second-order valence-electron chi connectivity index (χ2n) is 3.00. The summed E-state index contributed by atoms with van der Waals surface area (Å²) >= 11 is 5.84. The SMILES string of the molecule is Cc1c(F)cc(Cl)c2c1CCN2. The predicted molar refractivity (Wildman–Crippen MR) is 48.3 cm³/mol. The van der Waals surface area contributed by atoms with Gasteiger partial charge >= 0.3 is 0 Å². The van der Waals surface area contributed by atoms with Gasteiger partial charge in [-0.1, -0.05) is 11.6 Å². The summed E-state index contributed by atoms with van der Waals surface area (Å²) in [4.78, 5) is 0. The lowest BCUT2D eigenvalue weighted by Crippen LogP contribution is -1.92. The molecule has 0 aliphatic carbocycles. The van der Waals surface area contributed by atoms with E-state index in [1.165, 1.54) is 6.07 Å². The minimum Gasteiger partial charge on any atom is -0.383 e. The van der Waals surface area contributed by atoms with Crippen molar-refractivity contribution in [3.05, 3.63) is 28.0 Å². The van der Waals surface area contributed by atoms with Gasteiger partial charge in [0.2, 0.25) is 0 Å². The summed E-state index contributed by atoms with van der Waals surface area (Å²) < 4.78 is 13.1. The second-order valence-corrected chi connectivity index (χ2v) is 3.40. The van der Waals surface area contributed by atoms with E-state index in [2.05, 4.69) is 5.32 Å². The number of rotatable bonds is 0. The highest BCUT2D eigenvalue weighted by molar-refractivity contribution is 6.33. The lowest BCUT2D eigenvalue weighted by molar-refractivity contribution is 0.617. The number of nitrogens with one attached hydrogen (secondary N) is 1. The molecule has 1 heterocycles. The summed E-state index contributed by atoms with van der Waals surface area (Å²) in [5.74, 6) is -0.206. The third-order valence-electron chi connectivity index (χ3n) is 2.28. The molecule has 1 N–H and O–H groups in total. The van der Waals surface area contributed by atoms with Crippen LogP contribution in [-0.2, 0) is 6.42 Å². The molecule has 1 aliphatic heterocycles. The molecule has 0 saturated heterocycles. The molecule has 3 heteroatoms. The van der Waals surface area contributed by atoms with E-state index in [1.807, 2.05) is 0 Å². The molecule has 64 valence electrons. The average molecular weight is 186 g/mol. The van der Waals surface area contributed by atoms with E-state index in [0.717, 1.165) is 29.8 Å². The van der Waals surface area contributed by atoms with Crippen LogP contribution in [0, 0.1) is 12.7 Å². The van der Waals surface area contributed by atoms with Crippen molar-refractivity contribution in [3.63, 3.8) is 0 Å². The maximum absolute atomic E-state index is 13.1. The van der Waals surface area contributed by atoms with Gasteiger partial charge in [0.25, 0.3) is 0 Å². The van der Waals surface area contributed by atoms with Crippen molar-refractivity contribution in [2.45, 2.75) is 13.3 Å². The van der Waals surface area contributed by atoms with Crippen molar-refractivity contribution in [2.24, 2.45) is 0 Å². The largest absolute Gasteiger partial charge is 0.383 e. The Balaban J connectivity index is 2.69. The zero-order chi connectivity index (χ0) is 8.72. The summed E-state index contributed by atoms with van der Waals surface area (Å²) in [6.45, 7) is 2.65. The molecule has 0 bridgehead atoms. The second kappa shape index (κ2) is 2.63. The van der Waals surface area contributed by atoms with E-state index >= 15 is 0 Å². The van der Waals surface area contributed by atoms with Crippen LogP contribution in [0.5, 0.6) is 0 Å². The number of hydrogen-bond acceptors (Lipinski definition) is 1. The first-order valence-corrected chi connectivity index (χ1v) is 4.29. The van der Waals surface area contributed by atoms with Gasteiger partial charge in [-0.25, -0.2) is 4.39 Å². The Labute approximate surface area is 75.5 Å². The van der Waals surface area contributed by atoms with Crippen LogP contribution in [0.4, 0.5) is 10.1 Å². The molecule has 12 heavy (non-hydrogen) atoms. The van der Waals surface area contributed by atoms with Crippen molar-refractivity contribution >= 4 is 17.3 Å². The van der Waals surface area contributed by atoms with Gasteiger partial charge in [-0.3, -0.25) is 0 Å². The van der Waals surface area contributed by atoms with Crippen molar-refractivity contribution < 1.29 is 4.39 Å². The summed E-state index contributed by atoms with van der Waals surface area (Å²) in [6.07, 6.45) is 0.874. The Morgan fingerprint density at radius 2 is 2.33 bits per heavy atom. The lowest BCUT2D eigenvalue weighted by atomic mass is 10.1. The van der Waals surface area contributed by atoms with Gasteiger partial charge in [0.1, 0.15) is 5.82 Å². The molecular weight excluding hydrogens is 177 g/mol. The van der Waals surface area contributed by atoms with Crippen LogP contribution < -0.4 is 5.32 Å². The van der Waals surface area contributed by atoms with E-state index in [4.69, 9.17) is 11.6 Å². The van der Waals surface area contributed by atoms with Gasteiger partial charge in [0, 0.05) is 6.54 Å². The summed E-state index contributed by atoms with van der Waals surface area (Å²) in [5.41, 5.74) is 2.66. The molecule has 0 fully saturated rings. The fourth-order valence-electron chi connectivity index (χ4n) is 1.58. The Bertz CT molecular complexity index is 336. The maximum Gasteiger partial charge on any atom is 0.128 e. The smallest absolute Gasteiger partial charge is 0.128 e. The molecule has 1 aliphatic rings. The van der Waals surface area contributed by atoms with Gasteiger partial charge in [-0.2, -0.15) is 0 Å². The highest BCUT2D eigenvalue weighted by Gasteiger charge is 2.18. The fraction of sp³-hybridized carbons (Fsp3) is 0.333. The zero-order valence-corrected chi connectivity index (χ0v) is 7.50. The van der Waals surface area contributed by atoms with Crippen molar-refractivity contribution in [1.29, 1.82) is 0 Å². The molecule has 0 amide bonds. The van der Waals surface area contributed by atoms with Gasteiger partial charge in [-0.05, 0) is 30.5 Å².